The van der Waals surface area contributed by atoms with Gasteiger partial charge >= 0.3 is 0 Å². The minimum atomic E-state index is 0.845. The first-order chi connectivity index (χ1) is 6.86. The molecular formula is C13H25N. The summed E-state index contributed by atoms with van der Waals surface area (Å²) in [7, 11) is 0. The van der Waals surface area contributed by atoms with Crippen molar-refractivity contribution >= 4 is 0 Å². The van der Waals surface area contributed by atoms with Gasteiger partial charge in [-0.3, -0.25) is 0 Å². The molecule has 2 fully saturated rings. The summed E-state index contributed by atoms with van der Waals surface area (Å²) < 4.78 is 0. The van der Waals surface area contributed by atoms with E-state index < -0.39 is 0 Å². The van der Waals surface area contributed by atoms with Crippen LogP contribution in [0.3, 0.4) is 0 Å². The molecule has 2 atom stereocenters. The average Bonchev–Trinajstić information content (AvgIpc) is 2.44. The molecule has 0 aromatic heterocycles. The predicted octanol–water partition coefficient (Wildman–Crippen LogP) is 3.49. The third-order valence-electron chi connectivity index (χ3n) is 4.17. The van der Waals surface area contributed by atoms with Gasteiger partial charge in [0, 0.05) is 12.1 Å². The maximum Gasteiger partial charge on any atom is 0.00952 e. The molecule has 2 aliphatic carbocycles. The van der Waals surface area contributed by atoms with Gasteiger partial charge in [-0.25, -0.2) is 0 Å². The van der Waals surface area contributed by atoms with Gasteiger partial charge in [0.25, 0.3) is 0 Å². The maximum atomic E-state index is 3.91. The Labute approximate surface area is 88.7 Å². The van der Waals surface area contributed by atoms with Gasteiger partial charge in [0.1, 0.15) is 0 Å². The standard InChI is InChI=1S/C13H25N/c1-11-7-6-10-13(11)14-12-8-4-2-3-5-9-12/h11-14H,2-10H2,1H3/t11-,13+/m0/s1. The van der Waals surface area contributed by atoms with Crippen molar-refractivity contribution < 1.29 is 0 Å². The molecule has 14 heavy (non-hydrogen) atoms. The van der Waals surface area contributed by atoms with Crippen LogP contribution in [0.4, 0.5) is 0 Å². The van der Waals surface area contributed by atoms with Crippen molar-refractivity contribution in [3.05, 3.63) is 0 Å². The third kappa shape index (κ3) is 2.73. The van der Waals surface area contributed by atoms with Gasteiger partial charge in [-0.2, -0.15) is 0 Å². The van der Waals surface area contributed by atoms with Crippen molar-refractivity contribution in [3.63, 3.8) is 0 Å². The molecule has 0 aromatic rings. The summed E-state index contributed by atoms with van der Waals surface area (Å²) in [5.74, 6) is 0.929. The van der Waals surface area contributed by atoms with Crippen molar-refractivity contribution in [2.24, 2.45) is 5.92 Å². The van der Waals surface area contributed by atoms with Crippen molar-refractivity contribution in [3.8, 4) is 0 Å². The fraction of sp³-hybridized carbons (Fsp3) is 1.00. The Morgan fingerprint density at radius 2 is 1.50 bits per heavy atom. The molecular weight excluding hydrogens is 170 g/mol. The van der Waals surface area contributed by atoms with E-state index in [1.807, 2.05) is 0 Å². The van der Waals surface area contributed by atoms with Crippen LogP contribution in [-0.2, 0) is 0 Å². The van der Waals surface area contributed by atoms with Crippen LogP contribution in [0, 0.1) is 5.92 Å². The third-order valence-corrected chi connectivity index (χ3v) is 4.17. The second-order valence-corrected chi connectivity index (χ2v) is 5.37. The Morgan fingerprint density at radius 3 is 2.07 bits per heavy atom. The van der Waals surface area contributed by atoms with Gasteiger partial charge in [-0.15, -0.1) is 0 Å². The average molecular weight is 195 g/mol. The molecule has 0 radical (unpaired) electrons. The number of rotatable bonds is 2. The highest BCUT2D eigenvalue weighted by Gasteiger charge is 2.25. The molecule has 1 N–H and O–H groups in total. The van der Waals surface area contributed by atoms with Crippen molar-refractivity contribution in [2.75, 3.05) is 0 Å². The van der Waals surface area contributed by atoms with E-state index in [1.54, 1.807) is 0 Å². The van der Waals surface area contributed by atoms with Crippen LogP contribution in [0.2, 0.25) is 0 Å². The molecule has 0 aliphatic heterocycles. The summed E-state index contributed by atoms with van der Waals surface area (Å²) in [5.41, 5.74) is 0. The van der Waals surface area contributed by atoms with Crippen LogP contribution in [0.5, 0.6) is 0 Å². The van der Waals surface area contributed by atoms with Crippen molar-refractivity contribution in [2.45, 2.75) is 76.8 Å². The molecule has 0 bridgehead atoms. The van der Waals surface area contributed by atoms with Gasteiger partial charge in [-0.05, 0) is 31.6 Å². The zero-order valence-electron chi connectivity index (χ0n) is 9.60. The lowest BCUT2D eigenvalue weighted by Crippen LogP contribution is -2.39. The first kappa shape index (κ1) is 10.5. The molecule has 0 spiro atoms. The fourth-order valence-corrected chi connectivity index (χ4v) is 3.14. The largest absolute Gasteiger partial charge is 0.311 e. The monoisotopic (exact) mass is 195 g/mol. The van der Waals surface area contributed by atoms with Crippen LogP contribution in [0.25, 0.3) is 0 Å². The summed E-state index contributed by atoms with van der Waals surface area (Å²) in [5, 5.41) is 3.91. The Bertz CT molecular complexity index is 159. The zero-order chi connectivity index (χ0) is 9.80. The van der Waals surface area contributed by atoms with Crippen molar-refractivity contribution in [1.29, 1.82) is 0 Å². The van der Waals surface area contributed by atoms with E-state index in [0.717, 1.165) is 18.0 Å². The molecule has 1 heteroatoms. The van der Waals surface area contributed by atoms with E-state index in [0.29, 0.717) is 0 Å². The molecule has 0 amide bonds. The lowest BCUT2D eigenvalue weighted by Gasteiger charge is -2.24. The Morgan fingerprint density at radius 1 is 0.786 bits per heavy atom. The highest BCUT2D eigenvalue weighted by atomic mass is 15.0. The van der Waals surface area contributed by atoms with E-state index in [-0.39, 0.29) is 0 Å². The topological polar surface area (TPSA) is 12.0 Å². The molecule has 1 nitrogen and oxygen atoms in total. The summed E-state index contributed by atoms with van der Waals surface area (Å²) in [6, 6.07) is 1.70. The van der Waals surface area contributed by atoms with Crippen molar-refractivity contribution in [1.82, 2.24) is 5.32 Å². The predicted molar refractivity (Wildman–Crippen MR) is 61.4 cm³/mol. The highest BCUT2D eigenvalue weighted by molar-refractivity contribution is 4.84. The molecule has 82 valence electrons. The van der Waals surface area contributed by atoms with E-state index in [4.69, 9.17) is 0 Å². The first-order valence-corrected chi connectivity index (χ1v) is 6.62. The smallest absolute Gasteiger partial charge is 0.00952 e. The minimum absolute atomic E-state index is 0.845. The molecule has 2 saturated carbocycles. The lowest BCUT2D eigenvalue weighted by molar-refractivity contribution is 0.349. The molecule has 0 heterocycles. The van der Waals surface area contributed by atoms with Crippen LogP contribution in [-0.4, -0.2) is 12.1 Å². The van der Waals surface area contributed by atoms with E-state index in [2.05, 4.69) is 12.2 Å². The summed E-state index contributed by atoms with van der Waals surface area (Å²) in [4.78, 5) is 0. The molecule has 2 aliphatic rings. The van der Waals surface area contributed by atoms with E-state index >= 15 is 0 Å². The number of nitrogens with one attached hydrogen (secondary N) is 1. The summed E-state index contributed by atoms with van der Waals surface area (Å²) >= 11 is 0. The van der Waals surface area contributed by atoms with Crippen LogP contribution in [0.1, 0.15) is 64.7 Å². The van der Waals surface area contributed by atoms with Gasteiger partial charge in [0.2, 0.25) is 0 Å². The lowest BCUT2D eigenvalue weighted by atomic mass is 10.0. The minimum Gasteiger partial charge on any atom is -0.311 e. The highest BCUT2D eigenvalue weighted by Crippen LogP contribution is 2.27. The van der Waals surface area contributed by atoms with E-state index in [1.165, 1.54) is 57.8 Å². The molecule has 0 aromatic carbocycles. The Kier molecular flexibility index (Phi) is 3.86. The second kappa shape index (κ2) is 5.16. The maximum absolute atomic E-state index is 3.91. The van der Waals surface area contributed by atoms with Crippen LogP contribution >= 0.6 is 0 Å². The molecule has 0 saturated heterocycles. The second-order valence-electron chi connectivity index (χ2n) is 5.37. The zero-order valence-corrected chi connectivity index (χ0v) is 9.60. The molecule has 0 unspecified atom stereocenters. The molecule has 2 rings (SSSR count). The quantitative estimate of drug-likeness (QED) is 0.665. The van der Waals surface area contributed by atoms with Gasteiger partial charge in [-0.1, -0.05) is 39.0 Å². The number of hydrogen-bond donors (Lipinski definition) is 1. The summed E-state index contributed by atoms with van der Waals surface area (Å²) in [6.45, 7) is 2.42. The Balaban J connectivity index is 1.77. The Hall–Kier alpha value is -0.0400. The van der Waals surface area contributed by atoms with Crippen LogP contribution < -0.4 is 5.32 Å². The van der Waals surface area contributed by atoms with E-state index in [9.17, 15) is 0 Å². The van der Waals surface area contributed by atoms with Gasteiger partial charge in [0.05, 0.1) is 0 Å². The SMILES string of the molecule is C[C@H]1CCC[C@H]1NC1CCCCCC1. The first-order valence-electron chi connectivity index (χ1n) is 6.62. The summed E-state index contributed by atoms with van der Waals surface area (Å²) in [6.07, 6.45) is 13.0. The number of hydrogen-bond acceptors (Lipinski definition) is 1. The normalized spacial score (nSPS) is 35.8. The fourth-order valence-electron chi connectivity index (χ4n) is 3.14. The van der Waals surface area contributed by atoms with Gasteiger partial charge < -0.3 is 5.32 Å². The van der Waals surface area contributed by atoms with Crippen LogP contribution in [0.15, 0.2) is 0 Å². The van der Waals surface area contributed by atoms with Gasteiger partial charge in [0.15, 0.2) is 0 Å².